The summed E-state index contributed by atoms with van der Waals surface area (Å²) >= 11 is 0. The molecule has 0 saturated heterocycles. The van der Waals surface area contributed by atoms with E-state index in [9.17, 15) is 44.7 Å². The maximum absolute atomic E-state index is 14.5. The molecule has 0 fully saturated rings. The van der Waals surface area contributed by atoms with Crippen molar-refractivity contribution in [2.24, 2.45) is 28.8 Å². The predicted molar refractivity (Wildman–Crippen MR) is 228 cm³/mol. The second kappa shape index (κ2) is 17.6. The van der Waals surface area contributed by atoms with Gasteiger partial charge in [-0.25, -0.2) is 5.01 Å². The average Bonchev–Trinajstić information content (AvgIpc) is 3.70. The maximum Gasteiger partial charge on any atom is 0.312 e. The number of anilines is 1. The van der Waals surface area contributed by atoms with E-state index in [1.54, 1.807) is 64.1 Å². The number of phenols is 3. The number of hydrogen-bond acceptors (Lipinski definition) is 14. The molecule has 7 rings (SSSR count). The molecule has 0 spiro atoms. The SMILES string of the molecule is COC1/C=C/OC2(C)Oc3c(C)c(O)c4c(O)c(c(/C=N/N5Cc6ccccc6C5=O)c(O)c4c3C2=O)NC(=O)C(C)=C/C=C/C(C)C(O)C(C)C(O)C(C)C(OC(C)=O)C1C. The number of hydrogen-bond donors (Lipinski definition) is 6. The first kappa shape index (κ1) is 45.3. The number of aliphatic hydroxyl groups is 2. The van der Waals surface area contributed by atoms with Gasteiger partial charge in [0.25, 0.3) is 17.6 Å². The number of nitrogens with one attached hydrogen (secondary N) is 1. The van der Waals surface area contributed by atoms with Gasteiger partial charge in [0.2, 0.25) is 0 Å². The molecule has 6 N–H and O–H groups in total. The monoisotopic (exact) mass is 855 g/mol. The van der Waals surface area contributed by atoms with Crippen LogP contribution in [0.3, 0.4) is 0 Å². The number of phenolic OH excluding ortho intramolecular Hbond substituents is 3. The average molecular weight is 856 g/mol. The van der Waals surface area contributed by atoms with Crippen LogP contribution in [0.1, 0.15) is 85.9 Å². The number of nitrogens with zero attached hydrogens (tertiary/aromatic N) is 2. The molecular formula is C46H53N3O13. The Balaban J connectivity index is 1.53. The van der Waals surface area contributed by atoms with Crippen molar-refractivity contribution in [2.45, 2.75) is 92.1 Å². The number of ketones is 1. The minimum Gasteiger partial charge on any atom is -0.507 e. The van der Waals surface area contributed by atoms with E-state index in [-0.39, 0.29) is 45.3 Å². The van der Waals surface area contributed by atoms with Crippen LogP contribution in [-0.4, -0.2) is 97.6 Å². The molecule has 3 aromatic carbocycles. The summed E-state index contributed by atoms with van der Waals surface area (Å²) < 4.78 is 23.6. The van der Waals surface area contributed by atoms with E-state index < -0.39 is 100 Å². The minimum absolute atomic E-state index is 0.00315. The highest BCUT2D eigenvalue weighted by molar-refractivity contribution is 6.24. The fraction of sp³-hybridized carbons (Fsp3) is 0.413. The first-order chi connectivity index (χ1) is 29.2. The van der Waals surface area contributed by atoms with Gasteiger partial charge in [-0.05, 0) is 31.6 Å². The fourth-order valence-corrected chi connectivity index (χ4v) is 8.33. The van der Waals surface area contributed by atoms with Gasteiger partial charge >= 0.3 is 11.8 Å². The summed E-state index contributed by atoms with van der Waals surface area (Å²) in [5, 5.41) is 65.9. The van der Waals surface area contributed by atoms with Gasteiger partial charge in [0.05, 0.1) is 59.5 Å². The summed E-state index contributed by atoms with van der Waals surface area (Å²) in [6.45, 7) is 12.4. The van der Waals surface area contributed by atoms with E-state index in [1.165, 1.54) is 53.2 Å². The van der Waals surface area contributed by atoms with Crippen LogP contribution < -0.4 is 10.1 Å². The van der Waals surface area contributed by atoms with Crippen LogP contribution in [0, 0.1) is 30.6 Å². The topological polar surface area (TPSA) is 234 Å². The number of aliphatic hydroxyl groups excluding tert-OH is 2. The highest BCUT2D eigenvalue weighted by Crippen LogP contribution is 2.55. The van der Waals surface area contributed by atoms with Crippen molar-refractivity contribution in [1.82, 2.24) is 5.01 Å². The quantitative estimate of drug-likeness (QED) is 0.0796. The van der Waals surface area contributed by atoms with E-state index in [4.69, 9.17) is 18.9 Å². The molecular weight excluding hydrogens is 803 g/mol. The van der Waals surface area contributed by atoms with Crippen molar-refractivity contribution in [3.05, 3.63) is 88.2 Å². The van der Waals surface area contributed by atoms with Gasteiger partial charge in [-0.1, -0.05) is 64.1 Å². The molecule has 9 atom stereocenters. The number of benzene rings is 3. The Morgan fingerprint density at radius 3 is 2.31 bits per heavy atom. The van der Waals surface area contributed by atoms with Gasteiger partial charge in [-0.3, -0.25) is 19.2 Å². The molecule has 4 aliphatic rings. The predicted octanol–water partition coefficient (Wildman–Crippen LogP) is 5.74. The van der Waals surface area contributed by atoms with Gasteiger partial charge in [0.15, 0.2) is 5.75 Å². The number of carbonyl (C=O) groups is 4. The van der Waals surface area contributed by atoms with Gasteiger partial charge in [0, 0.05) is 66.7 Å². The Labute approximate surface area is 358 Å². The highest BCUT2D eigenvalue weighted by atomic mass is 16.7. The van der Waals surface area contributed by atoms with Gasteiger partial charge in [0.1, 0.15) is 23.4 Å². The number of allylic oxidation sites excluding steroid dienone is 2. The smallest absolute Gasteiger partial charge is 0.312 e. The van der Waals surface area contributed by atoms with Crippen LogP contribution in [0.25, 0.3) is 10.8 Å². The third kappa shape index (κ3) is 8.12. The van der Waals surface area contributed by atoms with E-state index in [0.29, 0.717) is 11.1 Å². The minimum atomic E-state index is -2.10. The summed E-state index contributed by atoms with van der Waals surface area (Å²) in [6, 6.07) is 6.89. The Bertz CT molecular complexity index is 2440. The highest BCUT2D eigenvalue weighted by Gasteiger charge is 2.50. The third-order valence-corrected chi connectivity index (χ3v) is 12.2. The zero-order valence-electron chi connectivity index (χ0n) is 36.0. The van der Waals surface area contributed by atoms with E-state index in [2.05, 4.69) is 10.4 Å². The van der Waals surface area contributed by atoms with Crippen LogP contribution >= 0.6 is 0 Å². The first-order valence-corrected chi connectivity index (χ1v) is 20.3. The van der Waals surface area contributed by atoms with Gasteiger partial charge in [-0.2, -0.15) is 5.10 Å². The second-order valence-corrected chi connectivity index (χ2v) is 16.4. The summed E-state index contributed by atoms with van der Waals surface area (Å²) in [5.41, 5.74) is 0.268. The van der Waals surface area contributed by atoms with Crippen LogP contribution in [0.2, 0.25) is 0 Å². The van der Waals surface area contributed by atoms with Gasteiger partial charge < -0.3 is 49.8 Å². The lowest BCUT2D eigenvalue weighted by molar-refractivity contribution is -0.160. The molecule has 9 unspecified atom stereocenters. The third-order valence-electron chi connectivity index (χ3n) is 12.2. The second-order valence-electron chi connectivity index (χ2n) is 16.4. The number of methoxy groups -OCH3 is 1. The number of carbonyl (C=O) groups excluding carboxylic acids is 4. The number of aromatic hydroxyl groups is 3. The fourth-order valence-electron chi connectivity index (χ4n) is 8.33. The number of ether oxygens (including phenoxy) is 4. The molecule has 5 bridgehead atoms. The first-order valence-electron chi connectivity index (χ1n) is 20.3. The molecule has 330 valence electrons. The molecule has 0 radical (unpaired) electrons. The molecule has 0 saturated carbocycles. The van der Waals surface area contributed by atoms with E-state index in [0.717, 1.165) is 11.2 Å². The molecule has 4 aliphatic heterocycles. The normalized spacial score (nSPS) is 29.3. The molecule has 16 nitrogen and oxygen atoms in total. The number of rotatable bonds is 4. The number of fused-ring (bicyclic) bond motifs is 15. The van der Waals surface area contributed by atoms with Crippen molar-refractivity contribution >= 4 is 46.2 Å². The van der Waals surface area contributed by atoms with Crippen molar-refractivity contribution in [2.75, 3.05) is 12.4 Å². The zero-order valence-corrected chi connectivity index (χ0v) is 36.0. The van der Waals surface area contributed by atoms with Crippen molar-refractivity contribution < 1.29 is 63.7 Å². The molecule has 0 aromatic heterocycles. The lowest BCUT2D eigenvalue weighted by Gasteiger charge is -2.38. The largest absolute Gasteiger partial charge is 0.507 e. The summed E-state index contributed by atoms with van der Waals surface area (Å²) in [5.74, 6) is -9.48. The van der Waals surface area contributed by atoms with Crippen LogP contribution in [0.4, 0.5) is 5.69 Å². The van der Waals surface area contributed by atoms with Crippen molar-refractivity contribution in [3.63, 3.8) is 0 Å². The number of Topliss-reactive ketones (excluding diaryl/α,β-unsaturated/α-hetero) is 1. The zero-order chi connectivity index (χ0) is 45.5. The summed E-state index contributed by atoms with van der Waals surface area (Å²) in [7, 11) is 1.42. The summed E-state index contributed by atoms with van der Waals surface area (Å²) in [6.07, 6.45) is 4.34. The lowest BCUT2D eigenvalue weighted by atomic mass is 9.78. The van der Waals surface area contributed by atoms with Crippen LogP contribution in [0.15, 0.2) is 65.5 Å². The summed E-state index contributed by atoms with van der Waals surface area (Å²) in [4.78, 5) is 53.9. The molecule has 4 heterocycles. The van der Waals surface area contributed by atoms with Crippen LogP contribution in [-0.2, 0) is 30.3 Å². The van der Waals surface area contributed by atoms with Crippen molar-refractivity contribution in [3.8, 4) is 23.0 Å². The van der Waals surface area contributed by atoms with Crippen LogP contribution in [0.5, 0.6) is 23.0 Å². The molecule has 2 amide bonds. The van der Waals surface area contributed by atoms with Gasteiger partial charge in [-0.15, -0.1) is 0 Å². The van der Waals surface area contributed by atoms with E-state index >= 15 is 0 Å². The number of esters is 1. The molecule has 3 aromatic rings. The maximum atomic E-state index is 14.5. The Morgan fingerprint density at radius 2 is 1.65 bits per heavy atom. The van der Waals surface area contributed by atoms with Crippen molar-refractivity contribution in [1.29, 1.82) is 0 Å². The Morgan fingerprint density at radius 1 is 0.952 bits per heavy atom. The Kier molecular flexibility index (Phi) is 12.9. The molecule has 16 heteroatoms. The lowest BCUT2D eigenvalue weighted by Crippen LogP contribution is -2.46. The Hall–Kier alpha value is -6.23. The van der Waals surface area contributed by atoms with E-state index in [1.807, 2.05) is 0 Å². The number of amides is 2. The molecule has 0 aliphatic carbocycles. The number of hydrazone groups is 1. The molecule has 62 heavy (non-hydrogen) atoms. The standard InChI is InChI=1S/C46H53N3O13/c1-21-13-12-14-22(2)44(57)48-35-30(19-47-49-20-28-15-10-11-16-29(28)45(49)58)39(54)32-33(40(35)55)38(53)26(6)42-34(32)43(56)46(8,62-42)60-18-17-31(59-9)23(3)41(61-27(7)50)25(5)37(52)24(4)36(21)51/h10-19,21,23-25,31,36-37,41,51-55H,20H2,1-9H3,(H,48,57)/b13-12+,18-17+,22-14?,47-19+.